The summed E-state index contributed by atoms with van der Waals surface area (Å²) in [5.41, 5.74) is 3.72. The van der Waals surface area contributed by atoms with Crippen molar-refractivity contribution in [3.05, 3.63) is 75.1 Å². The lowest BCUT2D eigenvalue weighted by Gasteiger charge is -2.18. The lowest BCUT2D eigenvalue weighted by molar-refractivity contribution is 0.0526. The highest BCUT2D eigenvalue weighted by molar-refractivity contribution is 7.92. The van der Waals surface area contributed by atoms with Crippen molar-refractivity contribution in [2.45, 2.75) is 44.4 Å². The van der Waals surface area contributed by atoms with E-state index in [9.17, 15) is 18.0 Å². The molecule has 0 unspecified atom stereocenters. The van der Waals surface area contributed by atoms with Crippen molar-refractivity contribution >= 4 is 21.7 Å². The van der Waals surface area contributed by atoms with Gasteiger partial charge in [-0.05, 0) is 74.9 Å². The number of aromatic nitrogens is 2. The molecule has 0 fully saturated rings. The Morgan fingerprint density at radius 3 is 2.64 bits per heavy atom. The number of H-pyrrole nitrogens is 1. The third-order valence-corrected chi connectivity index (χ3v) is 7.20. The van der Waals surface area contributed by atoms with E-state index >= 15 is 0 Å². The summed E-state index contributed by atoms with van der Waals surface area (Å²) in [6.45, 7) is 3.64. The minimum Gasteiger partial charge on any atom is -0.462 e. The number of rotatable bonds is 6. The molecule has 0 spiro atoms. The third kappa shape index (κ3) is 4.68. The first-order valence-corrected chi connectivity index (χ1v) is 12.3. The SMILES string of the molecule is CCOC(=O)c1cccc(NS(=O)(=O)c2cc(-c3n[nH]c(=O)c4c3CCCC4)ccc2C)c1. The predicted molar refractivity (Wildman–Crippen MR) is 125 cm³/mol. The monoisotopic (exact) mass is 467 g/mol. The summed E-state index contributed by atoms with van der Waals surface area (Å²) in [6, 6.07) is 11.3. The van der Waals surface area contributed by atoms with E-state index in [0.29, 0.717) is 23.2 Å². The number of aromatic amines is 1. The number of nitrogens with one attached hydrogen (secondary N) is 2. The quantitative estimate of drug-likeness (QED) is 0.535. The van der Waals surface area contributed by atoms with E-state index in [0.717, 1.165) is 30.4 Å². The van der Waals surface area contributed by atoms with Gasteiger partial charge in [0.1, 0.15) is 0 Å². The van der Waals surface area contributed by atoms with Gasteiger partial charge >= 0.3 is 5.97 Å². The topological polar surface area (TPSA) is 118 Å². The Kier molecular flexibility index (Phi) is 6.33. The van der Waals surface area contributed by atoms with Crippen molar-refractivity contribution < 1.29 is 17.9 Å². The smallest absolute Gasteiger partial charge is 0.338 e. The van der Waals surface area contributed by atoms with Crippen molar-refractivity contribution in [3.8, 4) is 11.3 Å². The van der Waals surface area contributed by atoms with Gasteiger partial charge in [0, 0.05) is 16.8 Å². The van der Waals surface area contributed by atoms with Gasteiger partial charge in [0.2, 0.25) is 0 Å². The number of aryl methyl sites for hydroxylation is 1. The fourth-order valence-corrected chi connectivity index (χ4v) is 5.39. The van der Waals surface area contributed by atoms with Crippen LogP contribution in [0.2, 0.25) is 0 Å². The fraction of sp³-hybridized carbons (Fsp3) is 0.292. The highest BCUT2D eigenvalue weighted by Crippen LogP contribution is 2.30. The van der Waals surface area contributed by atoms with Gasteiger partial charge in [-0.15, -0.1) is 0 Å². The van der Waals surface area contributed by atoms with Crippen LogP contribution in [0.4, 0.5) is 5.69 Å². The molecule has 4 rings (SSSR count). The van der Waals surface area contributed by atoms with E-state index in [-0.39, 0.29) is 28.3 Å². The second kappa shape index (κ2) is 9.19. The average Bonchev–Trinajstić information content (AvgIpc) is 2.80. The molecular weight excluding hydrogens is 442 g/mol. The Morgan fingerprint density at radius 2 is 1.88 bits per heavy atom. The molecule has 0 atom stereocenters. The Bertz CT molecular complexity index is 1380. The lowest BCUT2D eigenvalue weighted by atomic mass is 9.90. The third-order valence-electron chi connectivity index (χ3n) is 5.67. The molecule has 1 aliphatic carbocycles. The van der Waals surface area contributed by atoms with Gasteiger partial charge in [0.25, 0.3) is 15.6 Å². The minimum absolute atomic E-state index is 0.0964. The van der Waals surface area contributed by atoms with Crippen LogP contribution >= 0.6 is 0 Å². The zero-order valence-corrected chi connectivity index (χ0v) is 19.3. The van der Waals surface area contributed by atoms with Crippen molar-refractivity contribution in [2.75, 3.05) is 11.3 Å². The summed E-state index contributed by atoms with van der Waals surface area (Å²) in [5, 5.41) is 6.79. The van der Waals surface area contributed by atoms with Crippen molar-refractivity contribution in [3.63, 3.8) is 0 Å². The number of benzene rings is 2. The first-order valence-electron chi connectivity index (χ1n) is 10.8. The molecule has 9 heteroatoms. The van der Waals surface area contributed by atoms with E-state index in [1.165, 1.54) is 6.07 Å². The second-order valence-electron chi connectivity index (χ2n) is 7.95. The molecule has 0 amide bonds. The number of carbonyl (C=O) groups is 1. The van der Waals surface area contributed by atoms with Gasteiger partial charge in [-0.1, -0.05) is 18.2 Å². The molecule has 0 radical (unpaired) electrons. The van der Waals surface area contributed by atoms with Crippen molar-refractivity contribution in [1.82, 2.24) is 10.2 Å². The summed E-state index contributed by atoms with van der Waals surface area (Å²) in [7, 11) is -3.96. The van der Waals surface area contributed by atoms with E-state index in [2.05, 4.69) is 14.9 Å². The fourth-order valence-electron chi connectivity index (χ4n) is 4.07. The minimum atomic E-state index is -3.96. The number of hydrogen-bond acceptors (Lipinski definition) is 6. The maximum atomic E-state index is 13.3. The van der Waals surface area contributed by atoms with Gasteiger partial charge < -0.3 is 4.74 Å². The van der Waals surface area contributed by atoms with Crippen LogP contribution in [0.15, 0.2) is 52.2 Å². The van der Waals surface area contributed by atoms with Crippen LogP contribution in [0.1, 0.15) is 46.8 Å². The van der Waals surface area contributed by atoms with Crippen LogP contribution in [0.25, 0.3) is 11.3 Å². The molecule has 3 aromatic rings. The van der Waals surface area contributed by atoms with Crippen LogP contribution < -0.4 is 10.3 Å². The molecule has 33 heavy (non-hydrogen) atoms. The summed E-state index contributed by atoms with van der Waals surface area (Å²) in [5.74, 6) is -0.523. The molecule has 0 aliphatic heterocycles. The Labute approximate surface area is 192 Å². The number of sulfonamides is 1. The molecule has 8 nitrogen and oxygen atoms in total. The molecule has 1 aliphatic rings. The second-order valence-corrected chi connectivity index (χ2v) is 9.60. The number of ether oxygens (including phenoxy) is 1. The molecule has 172 valence electrons. The molecule has 1 aromatic heterocycles. The Balaban J connectivity index is 1.71. The molecule has 2 N–H and O–H groups in total. The standard InChI is InChI=1S/C24H25N3O5S/c1-3-32-24(29)17-7-6-8-18(13-17)27-33(30,31)21-14-16(12-11-15(21)2)22-19-9-4-5-10-20(19)23(28)26-25-22/h6-8,11-14,27H,3-5,9-10H2,1-2H3,(H,26,28). The lowest BCUT2D eigenvalue weighted by Crippen LogP contribution is -2.21. The van der Waals surface area contributed by atoms with E-state index in [1.807, 2.05) is 6.07 Å². The number of hydrogen-bond donors (Lipinski definition) is 2. The predicted octanol–water partition coefficient (Wildman–Crippen LogP) is 3.60. The van der Waals surface area contributed by atoms with Gasteiger partial charge in [-0.25, -0.2) is 18.3 Å². The summed E-state index contributed by atoms with van der Waals surface area (Å²) in [4.78, 5) is 24.3. The zero-order chi connectivity index (χ0) is 23.6. The number of anilines is 1. The molecule has 2 aromatic carbocycles. The molecule has 0 bridgehead atoms. The van der Waals surface area contributed by atoms with Crippen LogP contribution in [0.5, 0.6) is 0 Å². The van der Waals surface area contributed by atoms with Crippen molar-refractivity contribution in [1.29, 1.82) is 0 Å². The van der Waals surface area contributed by atoms with Gasteiger partial charge in [0.05, 0.1) is 22.8 Å². The number of esters is 1. The highest BCUT2D eigenvalue weighted by Gasteiger charge is 2.22. The van der Waals surface area contributed by atoms with Crippen LogP contribution in [0.3, 0.4) is 0 Å². The largest absolute Gasteiger partial charge is 0.462 e. The van der Waals surface area contributed by atoms with Crippen LogP contribution in [-0.4, -0.2) is 31.2 Å². The maximum absolute atomic E-state index is 13.3. The van der Waals surface area contributed by atoms with Gasteiger partial charge in [0.15, 0.2) is 0 Å². The van der Waals surface area contributed by atoms with E-state index in [4.69, 9.17) is 4.74 Å². The maximum Gasteiger partial charge on any atom is 0.338 e. The van der Waals surface area contributed by atoms with Crippen LogP contribution in [0, 0.1) is 6.92 Å². The number of nitrogens with zero attached hydrogens (tertiary/aromatic N) is 1. The van der Waals surface area contributed by atoms with Gasteiger partial charge in [-0.2, -0.15) is 5.10 Å². The summed E-state index contributed by atoms with van der Waals surface area (Å²) in [6.07, 6.45) is 3.33. The Morgan fingerprint density at radius 1 is 1.12 bits per heavy atom. The Hall–Kier alpha value is -3.46. The van der Waals surface area contributed by atoms with Crippen LogP contribution in [-0.2, 0) is 27.6 Å². The first-order chi connectivity index (χ1) is 15.8. The molecule has 0 saturated carbocycles. The number of fused-ring (bicyclic) bond motifs is 1. The molecule has 0 saturated heterocycles. The van der Waals surface area contributed by atoms with Crippen molar-refractivity contribution in [2.24, 2.45) is 0 Å². The molecular formula is C24H25N3O5S. The highest BCUT2D eigenvalue weighted by atomic mass is 32.2. The normalized spacial score (nSPS) is 13.3. The molecule has 1 heterocycles. The summed E-state index contributed by atoms with van der Waals surface area (Å²) >= 11 is 0. The van der Waals surface area contributed by atoms with Gasteiger partial charge in [-0.3, -0.25) is 9.52 Å². The first kappa shape index (κ1) is 22.7. The number of carbonyl (C=O) groups excluding carboxylic acids is 1. The van der Waals surface area contributed by atoms with E-state index < -0.39 is 16.0 Å². The summed E-state index contributed by atoms with van der Waals surface area (Å²) < 4.78 is 34.0. The zero-order valence-electron chi connectivity index (χ0n) is 18.5. The van der Waals surface area contributed by atoms with E-state index in [1.54, 1.807) is 44.2 Å². The average molecular weight is 468 g/mol.